The van der Waals surface area contributed by atoms with Crippen molar-refractivity contribution in [3.05, 3.63) is 65.3 Å². The summed E-state index contributed by atoms with van der Waals surface area (Å²) < 4.78 is 0.993. The van der Waals surface area contributed by atoms with Crippen molar-refractivity contribution in [1.82, 2.24) is 4.98 Å². The highest BCUT2D eigenvalue weighted by molar-refractivity contribution is 8.01. The Balaban J connectivity index is 1.99. The highest BCUT2D eigenvalue weighted by Crippen LogP contribution is 2.35. The predicted octanol–water partition coefficient (Wildman–Crippen LogP) is 4.12. The van der Waals surface area contributed by atoms with Crippen molar-refractivity contribution in [2.75, 3.05) is 0 Å². The van der Waals surface area contributed by atoms with E-state index in [1.165, 1.54) is 23.1 Å². The van der Waals surface area contributed by atoms with E-state index >= 15 is 0 Å². The minimum Gasteiger partial charge on any atom is -0.478 e. The van der Waals surface area contributed by atoms with Crippen LogP contribution in [0.1, 0.15) is 15.4 Å². The Morgan fingerprint density at radius 3 is 2.61 bits per heavy atom. The SMILES string of the molecule is NCc1ncc(Sc2cc(C(=O)O)cc(-c3ccccc3)c2)s1. The normalized spacial score (nSPS) is 10.7. The van der Waals surface area contributed by atoms with Gasteiger partial charge in [-0.1, -0.05) is 42.1 Å². The van der Waals surface area contributed by atoms with Crippen molar-refractivity contribution in [3.63, 3.8) is 0 Å². The molecule has 3 N–H and O–H groups in total. The summed E-state index contributed by atoms with van der Waals surface area (Å²) in [5.74, 6) is -0.934. The van der Waals surface area contributed by atoms with E-state index in [9.17, 15) is 9.90 Å². The maximum Gasteiger partial charge on any atom is 0.335 e. The van der Waals surface area contributed by atoms with Crippen LogP contribution in [0.15, 0.2) is 63.8 Å². The molecule has 0 aliphatic rings. The van der Waals surface area contributed by atoms with E-state index in [1.54, 1.807) is 18.3 Å². The van der Waals surface area contributed by atoms with Crippen LogP contribution >= 0.6 is 23.1 Å². The molecule has 1 aromatic heterocycles. The predicted molar refractivity (Wildman–Crippen MR) is 93.0 cm³/mol. The van der Waals surface area contributed by atoms with Crippen molar-refractivity contribution >= 4 is 29.1 Å². The van der Waals surface area contributed by atoms with E-state index in [-0.39, 0.29) is 5.56 Å². The number of carboxylic acid groups (broad SMARTS) is 1. The van der Waals surface area contributed by atoms with Crippen molar-refractivity contribution in [1.29, 1.82) is 0 Å². The molecule has 0 atom stereocenters. The Bertz CT molecular complexity index is 832. The molecule has 0 unspecified atom stereocenters. The average molecular weight is 342 g/mol. The number of aromatic nitrogens is 1. The molecule has 4 nitrogen and oxygen atoms in total. The summed E-state index contributed by atoms with van der Waals surface area (Å²) in [4.78, 5) is 16.5. The van der Waals surface area contributed by atoms with Crippen LogP contribution in [0.4, 0.5) is 0 Å². The van der Waals surface area contributed by atoms with Crippen LogP contribution in [0.2, 0.25) is 0 Å². The molecule has 0 fully saturated rings. The summed E-state index contributed by atoms with van der Waals surface area (Å²) >= 11 is 3.02. The average Bonchev–Trinajstić information content (AvgIpc) is 3.03. The number of carbonyl (C=O) groups is 1. The van der Waals surface area contributed by atoms with Gasteiger partial charge in [0.25, 0.3) is 0 Å². The first-order valence-electron chi connectivity index (χ1n) is 6.92. The van der Waals surface area contributed by atoms with Gasteiger partial charge in [-0.05, 0) is 29.3 Å². The van der Waals surface area contributed by atoms with Crippen LogP contribution in [0, 0.1) is 0 Å². The van der Waals surface area contributed by atoms with Crippen LogP contribution in [0.5, 0.6) is 0 Å². The molecule has 0 bridgehead atoms. The van der Waals surface area contributed by atoms with Crippen molar-refractivity contribution in [2.24, 2.45) is 5.73 Å². The number of aromatic carboxylic acids is 1. The van der Waals surface area contributed by atoms with Gasteiger partial charge in [-0.2, -0.15) is 0 Å². The smallest absolute Gasteiger partial charge is 0.335 e. The molecule has 0 amide bonds. The van der Waals surface area contributed by atoms with Crippen molar-refractivity contribution in [3.8, 4) is 11.1 Å². The number of hydrogen-bond donors (Lipinski definition) is 2. The third-order valence-electron chi connectivity index (χ3n) is 3.19. The Kier molecular flexibility index (Phi) is 4.76. The fraction of sp³-hybridized carbons (Fsp3) is 0.0588. The third kappa shape index (κ3) is 3.79. The van der Waals surface area contributed by atoms with Gasteiger partial charge in [0.05, 0.1) is 16.0 Å². The first-order valence-corrected chi connectivity index (χ1v) is 8.55. The molecule has 3 aromatic rings. The van der Waals surface area contributed by atoms with Crippen molar-refractivity contribution < 1.29 is 9.90 Å². The molecule has 0 aliphatic carbocycles. The first kappa shape index (κ1) is 15.7. The minimum absolute atomic E-state index is 0.275. The number of thiazole rings is 1. The molecule has 0 radical (unpaired) electrons. The number of nitrogens with two attached hydrogens (primary N) is 1. The Hall–Kier alpha value is -2.15. The van der Waals surface area contributed by atoms with Gasteiger partial charge in [0.2, 0.25) is 0 Å². The molecule has 0 saturated carbocycles. The van der Waals surface area contributed by atoms with E-state index in [0.29, 0.717) is 6.54 Å². The maximum absolute atomic E-state index is 11.4. The van der Waals surface area contributed by atoms with Gasteiger partial charge >= 0.3 is 5.97 Å². The zero-order valence-electron chi connectivity index (χ0n) is 12.1. The summed E-state index contributed by atoms with van der Waals surface area (Å²) in [6.45, 7) is 0.412. The van der Waals surface area contributed by atoms with Gasteiger partial charge in [-0.25, -0.2) is 9.78 Å². The highest BCUT2D eigenvalue weighted by atomic mass is 32.2. The third-order valence-corrected chi connectivity index (χ3v) is 5.28. The second-order valence-electron chi connectivity index (χ2n) is 4.80. The second-order valence-corrected chi connectivity index (χ2v) is 7.29. The van der Waals surface area contributed by atoms with Gasteiger partial charge in [0.1, 0.15) is 5.01 Å². The Morgan fingerprint density at radius 1 is 1.17 bits per heavy atom. The van der Waals surface area contributed by atoms with E-state index in [0.717, 1.165) is 25.2 Å². The summed E-state index contributed by atoms with van der Waals surface area (Å²) in [6.07, 6.45) is 1.77. The lowest BCUT2D eigenvalue weighted by molar-refractivity contribution is 0.0696. The molecule has 116 valence electrons. The van der Waals surface area contributed by atoms with Gasteiger partial charge in [-0.3, -0.25) is 0 Å². The van der Waals surface area contributed by atoms with Crippen LogP contribution < -0.4 is 5.73 Å². The van der Waals surface area contributed by atoms with Crippen LogP contribution in [0.25, 0.3) is 11.1 Å². The van der Waals surface area contributed by atoms with E-state index in [1.807, 2.05) is 36.4 Å². The molecule has 0 aliphatic heterocycles. The standard InChI is InChI=1S/C17H14N2O2S2/c18-9-15-19-10-16(23-15)22-14-7-12(6-13(8-14)17(20)21)11-4-2-1-3-5-11/h1-8,10H,9,18H2,(H,20,21). The lowest BCUT2D eigenvalue weighted by atomic mass is 10.0. The highest BCUT2D eigenvalue weighted by Gasteiger charge is 2.10. The summed E-state index contributed by atoms with van der Waals surface area (Å²) in [7, 11) is 0. The van der Waals surface area contributed by atoms with Gasteiger partial charge in [-0.15, -0.1) is 11.3 Å². The summed E-state index contributed by atoms with van der Waals surface area (Å²) in [5.41, 5.74) is 7.73. The van der Waals surface area contributed by atoms with Crippen LogP contribution in [-0.2, 0) is 6.54 Å². The Morgan fingerprint density at radius 2 is 1.96 bits per heavy atom. The molecular formula is C17H14N2O2S2. The van der Waals surface area contributed by atoms with Crippen LogP contribution in [-0.4, -0.2) is 16.1 Å². The number of hydrogen-bond acceptors (Lipinski definition) is 5. The maximum atomic E-state index is 11.4. The first-order chi connectivity index (χ1) is 11.2. The number of nitrogens with zero attached hydrogens (tertiary/aromatic N) is 1. The minimum atomic E-state index is -0.934. The fourth-order valence-electron chi connectivity index (χ4n) is 2.13. The zero-order chi connectivity index (χ0) is 16.2. The van der Waals surface area contributed by atoms with Crippen LogP contribution in [0.3, 0.4) is 0 Å². The molecule has 23 heavy (non-hydrogen) atoms. The lowest BCUT2D eigenvalue weighted by Gasteiger charge is -2.07. The molecule has 2 aromatic carbocycles. The van der Waals surface area contributed by atoms with E-state index < -0.39 is 5.97 Å². The van der Waals surface area contributed by atoms with Crippen molar-refractivity contribution in [2.45, 2.75) is 15.6 Å². The number of benzene rings is 2. The topological polar surface area (TPSA) is 76.2 Å². The molecule has 3 rings (SSSR count). The van der Waals surface area contributed by atoms with Gasteiger partial charge in [0, 0.05) is 11.4 Å². The zero-order valence-corrected chi connectivity index (χ0v) is 13.7. The summed E-state index contributed by atoms with van der Waals surface area (Å²) in [5, 5.41) is 10.2. The summed E-state index contributed by atoms with van der Waals surface area (Å²) in [6, 6.07) is 15.1. The Labute approximate surface area is 142 Å². The molecular weight excluding hydrogens is 328 g/mol. The molecule has 0 saturated heterocycles. The number of carboxylic acids is 1. The fourth-order valence-corrected chi connectivity index (χ4v) is 4.11. The number of rotatable bonds is 5. The quantitative estimate of drug-likeness (QED) is 0.729. The largest absolute Gasteiger partial charge is 0.478 e. The monoisotopic (exact) mass is 342 g/mol. The lowest BCUT2D eigenvalue weighted by Crippen LogP contribution is -1.97. The van der Waals surface area contributed by atoms with Gasteiger partial charge < -0.3 is 10.8 Å². The molecule has 0 spiro atoms. The molecule has 6 heteroatoms. The van der Waals surface area contributed by atoms with Gasteiger partial charge in [0.15, 0.2) is 0 Å². The van der Waals surface area contributed by atoms with E-state index in [2.05, 4.69) is 4.98 Å². The molecule has 1 heterocycles. The second kappa shape index (κ2) is 6.95. The van der Waals surface area contributed by atoms with E-state index in [4.69, 9.17) is 5.73 Å².